The van der Waals surface area contributed by atoms with Crippen LogP contribution in [0.2, 0.25) is 0 Å². The Morgan fingerprint density at radius 1 is 0.653 bits per heavy atom. The lowest BCUT2D eigenvalue weighted by molar-refractivity contribution is 0.252. The third kappa shape index (κ3) is 3.88. The zero-order valence-electron chi connectivity index (χ0n) is 27.7. The van der Waals surface area contributed by atoms with Crippen LogP contribution in [0, 0.1) is 13.8 Å². The van der Waals surface area contributed by atoms with Crippen LogP contribution in [-0.2, 0) is 7.05 Å². The van der Waals surface area contributed by atoms with Crippen LogP contribution in [0.25, 0.3) is 77.5 Å². The summed E-state index contributed by atoms with van der Waals surface area (Å²) in [6.07, 6.45) is -0.486. The minimum atomic E-state index is -0.486. The summed E-state index contributed by atoms with van der Waals surface area (Å²) in [4.78, 5) is 15.9. The molecule has 3 aromatic heterocycles. The molecule has 10 rings (SSSR count). The molecule has 238 valence electrons. The van der Waals surface area contributed by atoms with Gasteiger partial charge in [-0.1, -0.05) is 36.4 Å². The van der Waals surface area contributed by atoms with Crippen LogP contribution in [0.3, 0.4) is 0 Å². The molecule has 8 nitrogen and oxygen atoms in total. The minimum Gasteiger partial charge on any atom is -0.496 e. The Labute approximate surface area is 281 Å². The maximum atomic E-state index is 6.67. The Morgan fingerprint density at radius 2 is 1.24 bits per heavy atom. The maximum absolute atomic E-state index is 6.67. The summed E-state index contributed by atoms with van der Waals surface area (Å²) in [7, 11) is 5.48. The van der Waals surface area contributed by atoms with Crippen LogP contribution in [-0.4, -0.2) is 33.7 Å². The van der Waals surface area contributed by atoms with Gasteiger partial charge in [0.2, 0.25) is 0 Å². The molecule has 2 aliphatic rings. The maximum Gasteiger partial charge on any atom is 0.200 e. The highest BCUT2D eigenvalue weighted by atomic mass is 16.5. The molecule has 2 aliphatic heterocycles. The molecular weight excluding hydrogens is 610 g/mol. The summed E-state index contributed by atoms with van der Waals surface area (Å²) in [5, 5.41) is 7.81. The first kappa shape index (κ1) is 27.9. The number of hydrogen-bond donors (Lipinski definition) is 1. The fourth-order valence-electron chi connectivity index (χ4n) is 7.79. The van der Waals surface area contributed by atoms with E-state index in [-0.39, 0.29) is 0 Å². The van der Waals surface area contributed by atoms with Gasteiger partial charge in [0.25, 0.3) is 0 Å². The molecule has 1 N–H and O–H groups in total. The van der Waals surface area contributed by atoms with Gasteiger partial charge in [-0.2, -0.15) is 0 Å². The fourth-order valence-corrected chi connectivity index (χ4v) is 7.79. The van der Waals surface area contributed by atoms with Crippen LogP contribution in [0.5, 0.6) is 17.2 Å². The van der Waals surface area contributed by atoms with E-state index in [1.807, 2.05) is 6.07 Å². The zero-order chi connectivity index (χ0) is 33.1. The standard InChI is InChI=1S/C41H31N5O3/c1-20-16-25-29-12-8-23-6-7-24-9-13-30(43-35(24)34(23)42-29)26-17-21(2)19-28(39(26)48-5)41-45-37-32(49-41)15-11-22-10-14-31-36(33(22)37)44-40(46(31)3)27(18-20)38(25)47-4/h6-19,41,45H,1-5H3. The normalized spacial score (nSPS) is 14.3. The van der Waals surface area contributed by atoms with Crippen LogP contribution in [0.15, 0.2) is 84.9 Å². The van der Waals surface area contributed by atoms with E-state index in [9.17, 15) is 0 Å². The van der Waals surface area contributed by atoms with Gasteiger partial charge in [-0.05, 0) is 78.9 Å². The molecule has 0 saturated carbocycles. The quantitative estimate of drug-likeness (QED) is 0.188. The van der Waals surface area contributed by atoms with Gasteiger partial charge < -0.3 is 24.1 Å². The molecule has 1 atom stereocenters. The molecule has 0 aliphatic carbocycles. The number of hydrogen-bond acceptors (Lipinski definition) is 7. The van der Waals surface area contributed by atoms with E-state index in [1.54, 1.807) is 14.2 Å². The Kier molecular flexibility index (Phi) is 5.66. The predicted molar refractivity (Wildman–Crippen MR) is 195 cm³/mol. The number of nitrogens with one attached hydrogen (secondary N) is 1. The fraction of sp³-hybridized carbons (Fsp3) is 0.146. The van der Waals surface area contributed by atoms with Crippen LogP contribution < -0.4 is 19.5 Å². The van der Waals surface area contributed by atoms with Crippen molar-refractivity contribution in [3.8, 4) is 51.2 Å². The summed E-state index contributed by atoms with van der Waals surface area (Å²) in [6, 6.07) is 29.5. The number of benzene rings is 5. The number of nitrogens with zero attached hydrogens (tertiary/aromatic N) is 4. The highest BCUT2D eigenvalue weighted by Gasteiger charge is 2.31. The summed E-state index contributed by atoms with van der Waals surface area (Å²) < 4.78 is 21.2. The number of methoxy groups -OCH3 is 2. The van der Waals surface area contributed by atoms with Crippen molar-refractivity contribution >= 4 is 49.3 Å². The molecule has 8 aromatic rings. The largest absolute Gasteiger partial charge is 0.496 e. The van der Waals surface area contributed by atoms with Crippen molar-refractivity contribution in [3.05, 3.63) is 102 Å². The first-order chi connectivity index (χ1) is 23.9. The van der Waals surface area contributed by atoms with Crippen LogP contribution in [0.4, 0.5) is 5.69 Å². The highest BCUT2D eigenvalue weighted by Crippen LogP contribution is 2.49. The first-order valence-corrected chi connectivity index (χ1v) is 16.3. The van der Waals surface area contributed by atoms with E-state index in [2.05, 4.69) is 110 Å². The van der Waals surface area contributed by atoms with Gasteiger partial charge in [-0.25, -0.2) is 15.0 Å². The van der Waals surface area contributed by atoms with Crippen molar-refractivity contribution in [2.45, 2.75) is 20.1 Å². The van der Waals surface area contributed by atoms with Gasteiger partial charge in [0.05, 0.1) is 64.5 Å². The monoisotopic (exact) mass is 641 g/mol. The average Bonchev–Trinajstić information content (AvgIpc) is 3.71. The SMILES string of the molecule is COc1c2cc(C)cc1-c1nc3c4c5c(ccc4ccc3n1C)OC(N5)c1cc(C)cc(c1OC)-c1ccc3ccc4ccc-2nc4c3n1. The Hall–Kier alpha value is -6.15. The van der Waals surface area contributed by atoms with E-state index >= 15 is 0 Å². The van der Waals surface area contributed by atoms with Crippen LogP contribution >= 0.6 is 0 Å². The number of rotatable bonds is 2. The van der Waals surface area contributed by atoms with Crippen molar-refractivity contribution in [2.24, 2.45) is 7.05 Å². The number of imidazole rings is 1. The molecular formula is C41H31N5O3. The number of ether oxygens (including phenoxy) is 3. The zero-order valence-corrected chi connectivity index (χ0v) is 27.7. The molecule has 0 radical (unpaired) electrons. The van der Waals surface area contributed by atoms with E-state index in [0.29, 0.717) is 5.75 Å². The Morgan fingerprint density at radius 3 is 1.94 bits per heavy atom. The molecule has 0 amide bonds. The van der Waals surface area contributed by atoms with E-state index < -0.39 is 6.23 Å². The molecule has 12 bridgehead atoms. The summed E-state index contributed by atoms with van der Waals surface area (Å²) in [5.74, 6) is 3.00. The average molecular weight is 642 g/mol. The van der Waals surface area contributed by atoms with Crippen molar-refractivity contribution in [1.82, 2.24) is 19.5 Å². The van der Waals surface area contributed by atoms with Gasteiger partial charge in [-0.3, -0.25) is 0 Å². The minimum absolute atomic E-state index is 0.486. The Balaban J connectivity index is 1.37. The van der Waals surface area contributed by atoms with Gasteiger partial charge in [-0.15, -0.1) is 0 Å². The van der Waals surface area contributed by atoms with Crippen molar-refractivity contribution in [3.63, 3.8) is 0 Å². The molecule has 0 spiro atoms. The Bertz CT molecular complexity index is 2750. The third-order valence-electron chi connectivity index (χ3n) is 10.0. The summed E-state index contributed by atoms with van der Waals surface area (Å²) in [6.45, 7) is 4.19. The van der Waals surface area contributed by atoms with E-state index in [1.165, 1.54) is 0 Å². The molecule has 0 saturated heterocycles. The van der Waals surface area contributed by atoms with Crippen molar-refractivity contribution in [1.29, 1.82) is 0 Å². The second-order valence-corrected chi connectivity index (χ2v) is 13.0. The molecule has 5 aromatic carbocycles. The lowest BCUT2D eigenvalue weighted by Gasteiger charge is -2.20. The number of aryl methyl sites for hydroxylation is 3. The van der Waals surface area contributed by atoms with Crippen molar-refractivity contribution < 1.29 is 14.2 Å². The molecule has 49 heavy (non-hydrogen) atoms. The van der Waals surface area contributed by atoms with E-state index in [4.69, 9.17) is 29.2 Å². The molecule has 5 heterocycles. The van der Waals surface area contributed by atoms with Gasteiger partial charge >= 0.3 is 0 Å². The van der Waals surface area contributed by atoms with Crippen molar-refractivity contribution in [2.75, 3.05) is 19.5 Å². The van der Waals surface area contributed by atoms with Crippen LogP contribution in [0.1, 0.15) is 22.9 Å². The van der Waals surface area contributed by atoms with Gasteiger partial charge in [0.1, 0.15) is 23.1 Å². The third-order valence-corrected chi connectivity index (χ3v) is 10.0. The summed E-state index contributed by atoms with van der Waals surface area (Å²) in [5.41, 5.74) is 11.8. The topological polar surface area (TPSA) is 83.3 Å². The lowest BCUT2D eigenvalue weighted by Crippen LogP contribution is -2.12. The number of pyridine rings is 2. The number of anilines is 1. The number of fused-ring (bicyclic) bond motifs is 12. The lowest BCUT2D eigenvalue weighted by atomic mass is 9.99. The molecule has 1 unspecified atom stereocenters. The van der Waals surface area contributed by atoms with Gasteiger partial charge in [0, 0.05) is 34.3 Å². The predicted octanol–water partition coefficient (Wildman–Crippen LogP) is 9.27. The second-order valence-electron chi connectivity index (χ2n) is 13.0. The number of aromatic nitrogens is 4. The van der Waals surface area contributed by atoms with E-state index in [0.717, 1.165) is 111 Å². The molecule has 0 fully saturated rings. The first-order valence-electron chi connectivity index (χ1n) is 16.3. The summed E-state index contributed by atoms with van der Waals surface area (Å²) >= 11 is 0. The second kappa shape index (κ2) is 9.93. The van der Waals surface area contributed by atoms with Gasteiger partial charge in [0.15, 0.2) is 6.23 Å². The smallest absolute Gasteiger partial charge is 0.200 e. The molecule has 8 heteroatoms. The highest BCUT2D eigenvalue weighted by molar-refractivity contribution is 6.14.